The second-order valence-electron chi connectivity index (χ2n) is 3.48. The third-order valence-corrected chi connectivity index (χ3v) is 2.37. The highest BCUT2D eigenvalue weighted by Gasteiger charge is 2.12. The summed E-state index contributed by atoms with van der Waals surface area (Å²) in [5, 5.41) is 0. The number of ether oxygens (including phenoxy) is 1. The largest absolute Gasteiger partial charge is 0.469 e. The molecular weight excluding hydrogens is 192 g/mol. The SMILES string of the molecule is COC(=O)CC/C=C\CC1=CCCC1=O. The Kier molecular flexibility index (Phi) is 4.81. The molecule has 1 aliphatic carbocycles. The number of rotatable bonds is 5. The van der Waals surface area contributed by atoms with Crippen molar-refractivity contribution in [2.24, 2.45) is 0 Å². The minimum Gasteiger partial charge on any atom is -0.469 e. The van der Waals surface area contributed by atoms with Crippen LogP contribution in [0.4, 0.5) is 0 Å². The van der Waals surface area contributed by atoms with Crippen molar-refractivity contribution >= 4 is 11.8 Å². The molecule has 0 aromatic heterocycles. The molecule has 0 N–H and O–H groups in total. The maximum absolute atomic E-state index is 11.2. The molecule has 15 heavy (non-hydrogen) atoms. The quantitative estimate of drug-likeness (QED) is 0.513. The monoisotopic (exact) mass is 208 g/mol. The minimum atomic E-state index is -0.198. The molecule has 0 radical (unpaired) electrons. The van der Waals surface area contributed by atoms with Crippen LogP contribution in [0.5, 0.6) is 0 Å². The number of allylic oxidation sites excluding steroid dienone is 4. The lowest BCUT2D eigenvalue weighted by Gasteiger charge is -1.95. The number of esters is 1. The summed E-state index contributed by atoms with van der Waals surface area (Å²) in [6.45, 7) is 0. The molecule has 0 saturated heterocycles. The average Bonchev–Trinajstić information content (AvgIpc) is 2.63. The second-order valence-corrected chi connectivity index (χ2v) is 3.48. The molecule has 0 aromatic carbocycles. The van der Waals surface area contributed by atoms with Crippen LogP contribution in [0.3, 0.4) is 0 Å². The number of Topliss-reactive ketones (excluding diaryl/α,β-unsaturated/α-hetero) is 1. The van der Waals surface area contributed by atoms with E-state index >= 15 is 0 Å². The summed E-state index contributed by atoms with van der Waals surface area (Å²) in [5.41, 5.74) is 0.907. The first-order valence-electron chi connectivity index (χ1n) is 5.18. The molecule has 0 heterocycles. The second kappa shape index (κ2) is 6.17. The number of hydrogen-bond acceptors (Lipinski definition) is 3. The normalized spacial score (nSPS) is 15.8. The summed E-state index contributed by atoms with van der Waals surface area (Å²) in [4.78, 5) is 22.0. The van der Waals surface area contributed by atoms with E-state index in [1.165, 1.54) is 7.11 Å². The predicted octanol–water partition coefficient (Wildman–Crippen LogP) is 2.18. The van der Waals surface area contributed by atoms with Crippen LogP contribution in [0.15, 0.2) is 23.8 Å². The van der Waals surface area contributed by atoms with Gasteiger partial charge >= 0.3 is 5.97 Å². The van der Waals surface area contributed by atoms with E-state index in [0.717, 1.165) is 12.0 Å². The predicted molar refractivity (Wildman–Crippen MR) is 57.3 cm³/mol. The van der Waals surface area contributed by atoms with Crippen LogP contribution in [-0.4, -0.2) is 18.9 Å². The Morgan fingerprint density at radius 2 is 2.33 bits per heavy atom. The van der Waals surface area contributed by atoms with Gasteiger partial charge in [0.15, 0.2) is 5.78 Å². The van der Waals surface area contributed by atoms with Gasteiger partial charge in [0.25, 0.3) is 0 Å². The summed E-state index contributed by atoms with van der Waals surface area (Å²) >= 11 is 0. The average molecular weight is 208 g/mol. The van der Waals surface area contributed by atoms with E-state index in [-0.39, 0.29) is 11.8 Å². The molecule has 0 amide bonds. The van der Waals surface area contributed by atoms with Crippen LogP contribution in [0.2, 0.25) is 0 Å². The molecular formula is C12H16O3. The van der Waals surface area contributed by atoms with Gasteiger partial charge in [0.1, 0.15) is 0 Å². The van der Waals surface area contributed by atoms with E-state index in [1.54, 1.807) is 0 Å². The Morgan fingerprint density at radius 1 is 1.53 bits per heavy atom. The molecule has 0 unspecified atom stereocenters. The maximum Gasteiger partial charge on any atom is 0.305 e. The Hall–Kier alpha value is -1.38. The molecule has 0 saturated carbocycles. The first kappa shape index (κ1) is 11.7. The highest BCUT2D eigenvalue weighted by Crippen LogP contribution is 2.17. The first-order chi connectivity index (χ1) is 7.24. The smallest absolute Gasteiger partial charge is 0.305 e. The Labute approximate surface area is 89.8 Å². The van der Waals surface area contributed by atoms with Crippen molar-refractivity contribution in [2.75, 3.05) is 7.11 Å². The Morgan fingerprint density at radius 3 is 2.93 bits per heavy atom. The molecule has 3 heteroatoms. The zero-order valence-corrected chi connectivity index (χ0v) is 8.99. The highest BCUT2D eigenvalue weighted by molar-refractivity contribution is 5.97. The molecule has 1 rings (SSSR count). The standard InChI is InChI=1S/C12H16O3/c1-15-12(14)9-4-2-3-6-10-7-5-8-11(10)13/h2-3,7H,4-6,8-9H2,1H3/b3-2-. The Balaban J connectivity index is 2.17. The lowest BCUT2D eigenvalue weighted by Crippen LogP contribution is -1.98. The third kappa shape index (κ3) is 4.11. The van der Waals surface area contributed by atoms with Crippen LogP contribution in [0.1, 0.15) is 32.1 Å². The van der Waals surface area contributed by atoms with Gasteiger partial charge in [0, 0.05) is 12.8 Å². The lowest BCUT2D eigenvalue weighted by atomic mass is 10.1. The fourth-order valence-corrected chi connectivity index (χ4v) is 1.48. The molecule has 1 aliphatic rings. The van der Waals surface area contributed by atoms with E-state index < -0.39 is 0 Å². The van der Waals surface area contributed by atoms with E-state index in [0.29, 0.717) is 25.7 Å². The van der Waals surface area contributed by atoms with Crippen molar-refractivity contribution in [1.29, 1.82) is 0 Å². The van der Waals surface area contributed by atoms with E-state index in [4.69, 9.17) is 0 Å². The zero-order chi connectivity index (χ0) is 11.1. The van der Waals surface area contributed by atoms with Crippen LogP contribution in [0.25, 0.3) is 0 Å². The molecule has 0 aromatic rings. The van der Waals surface area contributed by atoms with Gasteiger partial charge < -0.3 is 4.74 Å². The van der Waals surface area contributed by atoms with Crippen molar-refractivity contribution in [1.82, 2.24) is 0 Å². The van der Waals surface area contributed by atoms with Gasteiger partial charge in [0.2, 0.25) is 0 Å². The number of carbonyl (C=O) groups excluding carboxylic acids is 2. The van der Waals surface area contributed by atoms with Gasteiger partial charge in [0.05, 0.1) is 7.11 Å². The number of methoxy groups -OCH3 is 1. The van der Waals surface area contributed by atoms with Crippen LogP contribution < -0.4 is 0 Å². The van der Waals surface area contributed by atoms with Crippen molar-refractivity contribution < 1.29 is 14.3 Å². The molecule has 0 atom stereocenters. The molecule has 0 spiro atoms. The van der Waals surface area contributed by atoms with Gasteiger partial charge in [-0.1, -0.05) is 18.2 Å². The van der Waals surface area contributed by atoms with Gasteiger partial charge in [-0.3, -0.25) is 9.59 Å². The van der Waals surface area contributed by atoms with E-state index in [9.17, 15) is 9.59 Å². The highest BCUT2D eigenvalue weighted by atomic mass is 16.5. The summed E-state index contributed by atoms with van der Waals surface area (Å²) in [7, 11) is 1.38. The number of ketones is 1. The summed E-state index contributed by atoms with van der Waals surface area (Å²) in [5.74, 6) is 0.0587. The summed E-state index contributed by atoms with van der Waals surface area (Å²) in [6, 6.07) is 0. The van der Waals surface area contributed by atoms with Gasteiger partial charge in [-0.25, -0.2) is 0 Å². The summed E-state index contributed by atoms with van der Waals surface area (Å²) < 4.78 is 4.51. The van der Waals surface area contributed by atoms with E-state index in [2.05, 4.69) is 4.74 Å². The Bertz CT molecular complexity index is 300. The molecule has 82 valence electrons. The molecule has 0 aliphatic heterocycles. The van der Waals surface area contributed by atoms with Gasteiger partial charge in [-0.05, 0) is 24.8 Å². The number of hydrogen-bond donors (Lipinski definition) is 0. The fourth-order valence-electron chi connectivity index (χ4n) is 1.48. The zero-order valence-electron chi connectivity index (χ0n) is 8.99. The molecule has 0 bridgehead atoms. The van der Waals surface area contributed by atoms with Crippen molar-refractivity contribution in [2.45, 2.75) is 32.1 Å². The van der Waals surface area contributed by atoms with Crippen molar-refractivity contribution in [3.05, 3.63) is 23.8 Å². The van der Waals surface area contributed by atoms with Gasteiger partial charge in [-0.15, -0.1) is 0 Å². The van der Waals surface area contributed by atoms with Crippen LogP contribution >= 0.6 is 0 Å². The molecule has 0 fully saturated rings. The van der Waals surface area contributed by atoms with Crippen LogP contribution in [0, 0.1) is 0 Å². The first-order valence-corrected chi connectivity index (χ1v) is 5.18. The van der Waals surface area contributed by atoms with Crippen molar-refractivity contribution in [3.8, 4) is 0 Å². The maximum atomic E-state index is 11.2. The fraction of sp³-hybridized carbons (Fsp3) is 0.500. The third-order valence-electron chi connectivity index (χ3n) is 2.37. The summed E-state index contributed by atoms with van der Waals surface area (Å²) in [6.07, 6.45) is 9.16. The lowest BCUT2D eigenvalue weighted by molar-refractivity contribution is -0.140. The van der Waals surface area contributed by atoms with Crippen LogP contribution in [-0.2, 0) is 14.3 Å². The minimum absolute atomic E-state index is 0.198. The topological polar surface area (TPSA) is 43.4 Å². The van der Waals surface area contributed by atoms with E-state index in [1.807, 2.05) is 18.2 Å². The van der Waals surface area contributed by atoms with Crippen molar-refractivity contribution in [3.63, 3.8) is 0 Å². The molecule has 3 nitrogen and oxygen atoms in total. The van der Waals surface area contributed by atoms with Gasteiger partial charge in [-0.2, -0.15) is 0 Å². The number of carbonyl (C=O) groups is 2.